The first-order valence-corrected chi connectivity index (χ1v) is 7.32. The van der Waals surface area contributed by atoms with Gasteiger partial charge in [0.1, 0.15) is 5.82 Å². The molecule has 1 spiro atoms. The Labute approximate surface area is 118 Å². The van der Waals surface area contributed by atoms with E-state index in [1.807, 2.05) is 0 Å². The summed E-state index contributed by atoms with van der Waals surface area (Å²) < 4.78 is 19.8. The maximum Gasteiger partial charge on any atom is 0.128 e. The Morgan fingerprint density at radius 1 is 1.42 bits per heavy atom. The molecule has 1 aromatic carbocycles. The minimum atomic E-state index is -0.292. The predicted molar refractivity (Wildman–Crippen MR) is 73.6 cm³/mol. The molecule has 1 heterocycles. The van der Waals surface area contributed by atoms with Gasteiger partial charge < -0.3 is 10.5 Å². The van der Waals surface area contributed by atoms with Gasteiger partial charge in [0.15, 0.2) is 0 Å². The van der Waals surface area contributed by atoms with E-state index in [-0.39, 0.29) is 23.4 Å². The molecule has 3 rings (SSSR count). The van der Waals surface area contributed by atoms with Crippen LogP contribution in [0.15, 0.2) is 18.2 Å². The molecule has 2 unspecified atom stereocenters. The number of hydrogen-bond donors (Lipinski definition) is 1. The Balaban J connectivity index is 1.79. The van der Waals surface area contributed by atoms with Crippen molar-refractivity contribution in [3.05, 3.63) is 34.6 Å². The molecule has 1 aliphatic heterocycles. The third-order valence-corrected chi connectivity index (χ3v) is 4.86. The Bertz CT molecular complexity index is 475. The fourth-order valence-corrected chi connectivity index (χ4v) is 3.50. The fraction of sp³-hybridized carbons (Fsp3) is 0.600. The highest BCUT2D eigenvalue weighted by atomic mass is 35.5. The predicted octanol–water partition coefficient (Wildman–Crippen LogP) is 3.83. The maximum absolute atomic E-state index is 13.9. The Kier molecular flexibility index (Phi) is 3.54. The number of halogens is 2. The third kappa shape index (κ3) is 2.51. The van der Waals surface area contributed by atoms with Crippen LogP contribution >= 0.6 is 11.6 Å². The summed E-state index contributed by atoms with van der Waals surface area (Å²) in [6.45, 7) is 0.737. The Hall–Kier alpha value is -0.640. The number of nitrogens with two attached hydrogens (primary N) is 1. The fourth-order valence-electron chi connectivity index (χ4n) is 3.32. The smallest absolute Gasteiger partial charge is 0.128 e. The van der Waals surface area contributed by atoms with Gasteiger partial charge in [-0.3, -0.25) is 0 Å². The maximum atomic E-state index is 13.9. The van der Waals surface area contributed by atoms with Gasteiger partial charge >= 0.3 is 0 Å². The molecular weight excluding hydrogens is 265 g/mol. The van der Waals surface area contributed by atoms with Gasteiger partial charge in [-0.05, 0) is 56.2 Å². The van der Waals surface area contributed by atoms with E-state index in [2.05, 4.69) is 0 Å². The van der Waals surface area contributed by atoms with Crippen LogP contribution in [-0.4, -0.2) is 12.2 Å². The molecule has 1 aliphatic carbocycles. The lowest BCUT2D eigenvalue weighted by atomic mass is 9.70. The summed E-state index contributed by atoms with van der Waals surface area (Å²) in [5, 5.41) is 0.539. The van der Waals surface area contributed by atoms with Crippen molar-refractivity contribution < 1.29 is 9.13 Å². The third-order valence-electron chi connectivity index (χ3n) is 4.62. The molecule has 1 saturated heterocycles. The molecule has 0 bridgehead atoms. The average molecular weight is 284 g/mol. The second kappa shape index (κ2) is 5.04. The lowest BCUT2D eigenvalue weighted by Crippen LogP contribution is -2.47. The highest BCUT2D eigenvalue weighted by Gasteiger charge is 2.44. The van der Waals surface area contributed by atoms with E-state index in [0.717, 1.165) is 32.3 Å². The van der Waals surface area contributed by atoms with E-state index in [0.29, 0.717) is 10.6 Å². The second-order valence-electron chi connectivity index (χ2n) is 5.83. The summed E-state index contributed by atoms with van der Waals surface area (Å²) in [5.41, 5.74) is 6.86. The zero-order valence-corrected chi connectivity index (χ0v) is 11.6. The van der Waals surface area contributed by atoms with Crippen LogP contribution in [0.3, 0.4) is 0 Å². The van der Waals surface area contributed by atoms with Crippen LogP contribution in [0.25, 0.3) is 0 Å². The molecule has 0 radical (unpaired) electrons. The van der Waals surface area contributed by atoms with Crippen molar-refractivity contribution in [2.24, 2.45) is 11.7 Å². The molecule has 2 atom stereocenters. The minimum absolute atomic E-state index is 0.0373. The minimum Gasteiger partial charge on any atom is -0.375 e. The first-order chi connectivity index (χ1) is 9.10. The van der Waals surface area contributed by atoms with Gasteiger partial charge in [-0.1, -0.05) is 11.6 Å². The van der Waals surface area contributed by atoms with E-state index in [9.17, 15) is 4.39 Å². The molecule has 2 fully saturated rings. The summed E-state index contributed by atoms with van der Waals surface area (Å²) in [7, 11) is 0. The van der Waals surface area contributed by atoms with Crippen molar-refractivity contribution in [1.82, 2.24) is 0 Å². The Morgan fingerprint density at radius 3 is 2.89 bits per heavy atom. The normalized spacial score (nSPS) is 27.0. The van der Waals surface area contributed by atoms with Gasteiger partial charge in [0.05, 0.1) is 5.60 Å². The van der Waals surface area contributed by atoms with Gasteiger partial charge in [0, 0.05) is 23.2 Å². The number of hydrogen-bond acceptors (Lipinski definition) is 2. The van der Waals surface area contributed by atoms with E-state index >= 15 is 0 Å². The molecule has 2 nitrogen and oxygen atoms in total. The van der Waals surface area contributed by atoms with Crippen molar-refractivity contribution in [3.8, 4) is 0 Å². The van der Waals surface area contributed by atoms with Crippen LogP contribution in [0.5, 0.6) is 0 Å². The van der Waals surface area contributed by atoms with Crippen LogP contribution in [0.1, 0.15) is 43.7 Å². The lowest BCUT2D eigenvalue weighted by Gasteiger charge is -2.48. The lowest BCUT2D eigenvalue weighted by molar-refractivity contribution is -0.146. The van der Waals surface area contributed by atoms with Gasteiger partial charge in [-0.2, -0.15) is 0 Å². The number of ether oxygens (including phenoxy) is 1. The van der Waals surface area contributed by atoms with Gasteiger partial charge in [0.25, 0.3) is 0 Å². The summed E-state index contributed by atoms with van der Waals surface area (Å²) in [6, 6.07) is 4.32. The average Bonchev–Trinajstić information content (AvgIpc) is 2.39. The van der Waals surface area contributed by atoms with Crippen molar-refractivity contribution in [3.63, 3.8) is 0 Å². The van der Waals surface area contributed by atoms with Crippen LogP contribution in [0, 0.1) is 11.7 Å². The summed E-state index contributed by atoms with van der Waals surface area (Å²) in [6.07, 6.45) is 5.31. The van der Waals surface area contributed by atoms with Crippen molar-refractivity contribution >= 4 is 11.6 Å². The topological polar surface area (TPSA) is 35.2 Å². The SMILES string of the molecule is NC(c1cc(Cl)ccc1F)C1CCOC2(CCC2)C1. The highest BCUT2D eigenvalue weighted by Crippen LogP contribution is 2.46. The van der Waals surface area contributed by atoms with Crippen LogP contribution in [-0.2, 0) is 4.74 Å². The van der Waals surface area contributed by atoms with Gasteiger partial charge in [-0.15, -0.1) is 0 Å². The summed E-state index contributed by atoms with van der Waals surface area (Å²) in [5.74, 6) is 0.0214. The second-order valence-corrected chi connectivity index (χ2v) is 6.27. The van der Waals surface area contributed by atoms with Crippen molar-refractivity contribution in [2.45, 2.75) is 43.7 Å². The molecule has 104 valence electrons. The van der Waals surface area contributed by atoms with E-state index in [1.54, 1.807) is 12.1 Å². The molecule has 1 saturated carbocycles. The quantitative estimate of drug-likeness (QED) is 0.895. The highest BCUT2D eigenvalue weighted by molar-refractivity contribution is 6.30. The molecule has 0 aromatic heterocycles. The van der Waals surface area contributed by atoms with Crippen molar-refractivity contribution in [1.29, 1.82) is 0 Å². The number of rotatable bonds is 2. The molecule has 1 aromatic rings. The van der Waals surface area contributed by atoms with E-state index < -0.39 is 0 Å². The first kappa shape index (κ1) is 13.3. The molecular formula is C15H19ClFNO. The van der Waals surface area contributed by atoms with Crippen LogP contribution < -0.4 is 5.73 Å². The van der Waals surface area contributed by atoms with Crippen molar-refractivity contribution in [2.75, 3.05) is 6.61 Å². The zero-order chi connectivity index (χ0) is 13.5. The monoisotopic (exact) mass is 283 g/mol. The molecule has 0 amide bonds. The number of benzene rings is 1. The Morgan fingerprint density at radius 2 is 2.21 bits per heavy atom. The standard InChI is InChI=1S/C15H19ClFNO/c16-11-2-3-13(17)12(8-11)14(18)10-4-7-19-15(9-10)5-1-6-15/h2-3,8,10,14H,1,4-7,9,18H2. The molecule has 2 N–H and O–H groups in total. The molecule has 2 aliphatic rings. The zero-order valence-electron chi connectivity index (χ0n) is 10.9. The van der Waals surface area contributed by atoms with Gasteiger partial charge in [0.2, 0.25) is 0 Å². The summed E-state index contributed by atoms with van der Waals surface area (Å²) >= 11 is 5.95. The molecule has 4 heteroatoms. The van der Waals surface area contributed by atoms with E-state index in [1.165, 1.54) is 12.5 Å². The molecule has 19 heavy (non-hydrogen) atoms. The van der Waals surface area contributed by atoms with Crippen LogP contribution in [0.4, 0.5) is 4.39 Å². The summed E-state index contributed by atoms with van der Waals surface area (Å²) in [4.78, 5) is 0. The van der Waals surface area contributed by atoms with E-state index in [4.69, 9.17) is 22.1 Å². The largest absolute Gasteiger partial charge is 0.375 e. The first-order valence-electron chi connectivity index (χ1n) is 6.94. The van der Waals surface area contributed by atoms with Gasteiger partial charge in [-0.25, -0.2) is 4.39 Å². The van der Waals surface area contributed by atoms with Crippen LogP contribution in [0.2, 0.25) is 5.02 Å².